The number of ether oxygens (including phenoxy) is 1. The Bertz CT molecular complexity index is 669. The Hall–Kier alpha value is -1.64. The zero-order valence-corrected chi connectivity index (χ0v) is 14.4. The van der Waals surface area contributed by atoms with Crippen LogP contribution in [-0.4, -0.2) is 40.2 Å². The van der Waals surface area contributed by atoms with Gasteiger partial charge in [-0.3, -0.25) is 0 Å². The quantitative estimate of drug-likeness (QED) is 0.758. The lowest BCUT2D eigenvalue weighted by Gasteiger charge is -2.20. The summed E-state index contributed by atoms with van der Waals surface area (Å²) in [6.07, 6.45) is 1.95. The Kier molecular flexibility index (Phi) is 5.61. The summed E-state index contributed by atoms with van der Waals surface area (Å²) < 4.78 is 31.5. The van der Waals surface area contributed by atoms with E-state index >= 15 is 0 Å². The van der Waals surface area contributed by atoms with Crippen LogP contribution in [0.4, 0.5) is 10.5 Å². The van der Waals surface area contributed by atoms with E-state index in [2.05, 4.69) is 15.4 Å². The first-order valence-corrected chi connectivity index (χ1v) is 9.05. The van der Waals surface area contributed by atoms with E-state index in [0.29, 0.717) is 5.69 Å². The molecule has 0 radical (unpaired) electrons. The van der Waals surface area contributed by atoms with Gasteiger partial charge in [0.2, 0.25) is 10.0 Å². The van der Waals surface area contributed by atoms with Crippen molar-refractivity contribution in [3.05, 3.63) is 23.8 Å². The number of benzene rings is 1. The van der Waals surface area contributed by atoms with Crippen molar-refractivity contribution in [2.75, 3.05) is 19.0 Å². The molecule has 0 bridgehead atoms. The van der Waals surface area contributed by atoms with E-state index in [-0.39, 0.29) is 23.1 Å². The Morgan fingerprint density at radius 3 is 2.74 bits per heavy atom. The number of sulfonamides is 1. The third-order valence-corrected chi connectivity index (χ3v) is 5.33. The molecule has 1 saturated heterocycles. The molecule has 1 fully saturated rings. The van der Waals surface area contributed by atoms with Gasteiger partial charge in [-0.2, -0.15) is 0 Å². The normalized spacial score (nSPS) is 19.3. The zero-order valence-electron chi connectivity index (χ0n) is 13.5. The third kappa shape index (κ3) is 4.43. The van der Waals surface area contributed by atoms with Gasteiger partial charge in [0.1, 0.15) is 0 Å². The SMILES string of the molecule is CNS(=O)(=O)c1ccc(C)c(NC(=O)N[C@@H](C)[C@@H]2CCCO2)c1. The van der Waals surface area contributed by atoms with Crippen molar-refractivity contribution in [3.8, 4) is 0 Å². The van der Waals surface area contributed by atoms with E-state index in [9.17, 15) is 13.2 Å². The highest BCUT2D eigenvalue weighted by Crippen LogP contribution is 2.20. The van der Waals surface area contributed by atoms with Gasteiger partial charge in [0.05, 0.1) is 17.0 Å². The van der Waals surface area contributed by atoms with Gasteiger partial charge in [-0.1, -0.05) is 6.07 Å². The molecule has 0 aromatic heterocycles. The van der Waals surface area contributed by atoms with E-state index in [1.807, 2.05) is 6.92 Å². The van der Waals surface area contributed by atoms with Gasteiger partial charge in [0, 0.05) is 12.3 Å². The summed E-state index contributed by atoms with van der Waals surface area (Å²) in [5.41, 5.74) is 1.23. The number of carbonyl (C=O) groups excluding carboxylic acids is 1. The largest absolute Gasteiger partial charge is 0.376 e. The minimum Gasteiger partial charge on any atom is -0.376 e. The van der Waals surface area contributed by atoms with Crippen molar-refractivity contribution < 1.29 is 17.9 Å². The van der Waals surface area contributed by atoms with Crippen molar-refractivity contribution in [2.45, 2.75) is 43.7 Å². The van der Waals surface area contributed by atoms with Crippen LogP contribution in [0.1, 0.15) is 25.3 Å². The average molecular weight is 341 g/mol. The molecule has 128 valence electrons. The van der Waals surface area contributed by atoms with Crippen LogP contribution in [0.2, 0.25) is 0 Å². The number of nitrogens with one attached hydrogen (secondary N) is 3. The van der Waals surface area contributed by atoms with Gasteiger partial charge in [-0.15, -0.1) is 0 Å². The second-order valence-corrected chi connectivity index (χ2v) is 7.51. The lowest BCUT2D eigenvalue weighted by Crippen LogP contribution is -2.43. The van der Waals surface area contributed by atoms with Crippen LogP contribution < -0.4 is 15.4 Å². The molecule has 2 amide bonds. The average Bonchev–Trinajstić information content (AvgIpc) is 3.03. The number of anilines is 1. The van der Waals surface area contributed by atoms with Gasteiger partial charge >= 0.3 is 6.03 Å². The fraction of sp³-hybridized carbons (Fsp3) is 0.533. The smallest absolute Gasteiger partial charge is 0.319 e. The molecule has 1 aliphatic heterocycles. The van der Waals surface area contributed by atoms with E-state index in [1.165, 1.54) is 19.2 Å². The van der Waals surface area contributed by atoms with Crippen molar-refractivity contribution in [1.82, 2.24) is 10.0 Å². The highest BCUT2D eigenvalue weighted by Gasteiger charge is 2.24. The van der Waals surface area contributed by atoms with E-state index in [0.717, 1.165) is 25.0 Å². The van der Waals surface area contributed by atoms with Crippen molar-refractivity contribution >= 4 is 21.7 Å². The highest BCUT2D eigenvalue weighted by molar-refractivity contribution is 7.89. The van der Waals surface area contributed by atoms with Crippen LogP contribution in [0.5, 0.6) is 0 Å². The molecular formula is C15H23N3O4S. The van der Waals surface area contributed by atoms with Crippen molar-refractivity contribution in [1.29, 1.82) is 0 Å². The summed E-state index contributed by atoms with van der Waals surface area (Å²) in [5, 5.41) is 5.53. The standard InChI is InChI=1S/C15H23N3O4S/c1-10-6-7-12(23(20,21)16-3)9-13(10)18-15(19)17-11(2)14-5-4-8-22-14/h6-7,9,11,14,16H,4-5,8H2,1-3H3,(H2,17,18,19)/t11-,14-/m0/s1. The number of aryl methyl sites for hydroxylation is 1. The van der Waals surface area contributed by atoms with Crippen LogP contribution in [-0.2, 0) is 14.8 Å². The summed E-state index contributed by atoms with van der Waals surface area (Å²) in [6.45, 7) is 4.42. The van der Waals surface area contributed by atoms with Crippen molar-refractivity contribution in [2.24, 2.45) is 0 Å². The number of hydrogen-bond donors (Lipinski definition) is 3. The molecule has 1 aliphatic rings. The molecule has 0 saturated carbocycles. The number of urea groups is 1. The van der Waals surface area contributed by atoms with Gasteiger partial charge in [-0.05, 0) is 51.4 Å². The third-order valence-electron chi connectivity index (χ3n) is 3.92. The van der Waals surface area contributed by atoms with Gasteiger partial charge in [0.15, 0.2) is 0 Å². The maximum atomic E-state index is 12.1. The lowest BCUT2D eigenvalue weighted by molar-refractivity contribution is 0.0868. The van der Waals surface area contributed by atoms with E-state index in [4.69, 9.17) is 4.74 Å². The predicted molar refractivity (Wildman–Crippen MR) is 88.0 cm³/mol. The number of hydrogen-bond acceptors (Lipinski definition) is 4. The minimum absolute atomic E-state index is 0.0258. The number of carbonyl (C=O) groups is 1. The molecule has 1 aromatic rings. The molecular weight excluding hydrogens is 318 g/mol. The fourth-order valence-corrected chi connectivity index (χ4v) is 3.23. The predicted octanol–water partition coefficient (Wildman–Crippen LogP) is 1.59. The Balaban J connectivity index is 2.06. The molecule has 0 unspecified atom stereocenters. The molecule has 1 heterocycles. The fourth-order valence-electron chi connectivity index (χ4n) is 2.48. The van der Waals surface area contributed by atoms with E-state index < -0.39 is 10.0 Å². The zero-order chi connectivity index (χ0) is 17.0. The van der Waals surface area contributed by atoms with Crippen LogP contribution in [0, 0.1) is 6.92 Å². The first kappa shape index (κ1) is 17.7. The second kappa shape index (κ2) is 7.29. The molecule has 3 N–H and O–H groups in total. The van der Waals surface area contributed by atoms with Crippen molar-refractivity contribution in [3.63, 3.8) is 0 Å². The maximum absolute atomic E-state index is 12.1. The summed E-state index contributed by atoms with van der Waals surface area (Å²) in [5.74, 6) is 0. The van der Waals surface area contributed by atoms with Crippen LogP contribution in [0.15, 0.2) is 23.1 Å². The maximum Gasteiger partial charge on any atom is 0.319 e. The monoisotopic (exact) mass is 341 g/mol. The summed E-state index contributed by atoms with van der Waals surface area (Å²) in [6, 6.07) is 4.11. The van der Waals surface area contributed by atoms with Crippen LogP contribution in [0.3, 0.4) is 0 Å². The minimum atomic E-state index is -3.55. The first-order valence-electron chi connectivity index (χ1n) is 7.57. The Labute approximate surface area is 136 Å². The molecule has 2 rings (SSSR count). The first-order chi connectivity index (χ1) is 10.8. The van der Waals surface area contributed by atoms with Crippen LogP contribution in [0.25, 0.3) is 0 Å². The summed E-state index contributed by atoms with van der Waals surface area (Å²) in [4.78, 5) is 12.2. The Morgan fingerprint density at radius 1 is 1.39 bits per heavy atom. The Morgan fingerprint density at radius 2 is 2.13 bits per heavy atom. The molecule has 23 heavy (non-hydrogen) atoms. The van der Waals surface area contributed by atoms with Gasteiger partial charge in [0.25, 0.3) is 0 Å². The molecule has 8 heteroatoms. The number of rotatable bonds is 5. The molecule has 0 aliphatic carbocycles. The summed E-state index contributed by atoms with van der Waals surface area (Å²) in [7, 11) is -2.21. The molecule has 7 nitrogen and oxygen atoms in total. The molecule has 0 spiro atoms. The van der Waals surface area contributed by atoms with Gasteiger partial charge in [-0.25, -0.2) is 17.9 Å². The van der Waals surface area contributed by atoms with Gasteiger partial charge < -0.3 is 15.4 Å². The number of amides is 2. The van der Waals surface area contributed by atoms with E-state index in [1.54, 1.807) is 13.0 Å². The lowest BCUT2D eigenvalue weighted by atomic mass is 10.1. The van der Waals surface area contributed by atoms with Crippen LogP contribution >= 0.6 is 0 Å². The highest BCUT2D eigenvalue weighted by atomic mass is 32.2. The molecule has 1 aromatic carbocycles. The summed E-state index contributed by atoms with van der Waals surface area (Å²) >= 11 is 0. The second-order valence-electron chi connectivity index (χ2n) is 5.62. The topological polar surface area (TPSA) is 96.5 Å². The molecule has 2 atom stereocenters.